The predicted octanol–water partition coefficient (Wildman–Crippen LogP) is 4.34. The first-order valence-corrected chi connectivity index (χ1v) is 5.09. The van der Waals surface area contributed by atoms with Gasteiger partial charge in [0.2, 0.25) is 0 Å². The monoisotopic (exact) mass is 278 g/mol. The van der Waals surface area contributed by atoms with Crippen LogP contribution in [0.25, 0.3) is 10.8 Å². The molecule has 0 aromatic heterocycles. The van der Waals surface area contributed by atoms with Crippen LogP contribution in [0.2, 0.25) is 0 Å². The van der Waals surface area contributed by atoms with Crippen LogP contribution >= 0.6 is 0 Å². The van der Waals surface area contributed by atoms with E-state index in [9.17, 15) is 22.0 Å². The topological polar surface area (TPSA) is 18.5 Å². The molecule has 0 radical (unpaired) electrons. The van der Waals surface area contributed by atoms with Crippen molar-refractivity contribution < 1.29 is 31.4 Å². The number of hydrogen-bond donors (Lipinski definition) is 0. The van der Waals surface area contributed by atoms with E-state index in [0.717, 1.165) is 6.07 Å². The smallest absolute Gasteiger partial charge is 0.430 e. The molecule has 0 aliphatic rings. The Morgan fingerprint density at radius 3 is 2.26 bits per heavy atom. The quantitative estimate of drug-likeness (QED) is 0.777. The summed E-state index contributed by atoms with van der Waals surface area (Å²) in [6.45, 7) is -3.25. The first kappa shape index (κ1) is 13.4. The molecule has 0 saturated carbocycles. The summed E-state index contributed by atoms with van der Waals surface area (Å²) in [5.74, 6) is -1.43. The number of ether oxygens (including phenoxy) is 2. The summed E-state index contributed by atoms with van der Waals surface area (Å²) in [6, 6.07) is 8.32. The maximum absolute atomic E-state index is 12.3. The number of fused-ring (bicyclic) bond motifs is 1. The highest BCUT2D eigenvalue weighted by atomic mass is 19.4. The summed E-state index contributed by atoms with van der Waals surface area (Å²) >= 11 is 0. The van der Waals surface area contributed by atoms with E-state index in [1.165, 1.54) is 18.2 Å². The molecule has 7 heteroatoms. The lowest BCUT2D eigenvalue weighted by Crippen LogP contribution is -2.18. The third-order valence-corrected chi connectivity index (χ3v) is 2.28. The van der Waals surface area contributed by atoms with Crippen LogP contribution in [0.15, 0.2) is 36.4 Å². The summed E-state index contributed by atoms with van der Waals surface area (Å²) in [5.41, 5.74) is 0. The number of hydrogen-bond acceptors (Lipinski definition) is 2. The highest BCUT2D eigenvalue weighted by Crippen LogP contribution is 2.39. The van der Waals surface area contributed by atoms with E-state index in [-0.39, 0.29) is 5.39 Å². The van der Waals surface area contributed by atoms with Gasteiger partial charge < -0.3 is 9.47 Å². The van der Waals surface area contributed by atoms with Gasteiger partial charge in [0.15, 0.2) is 11.5 Å². The average Bonchev–Trinajstić information content (AvgIpc) is 2.30. The fraction of sp³-hybridized carbons (Fsp3) is 0.167. The summed E-state index contributed by atoms with van der Waals surface area (Å²) in [6.07, 6.45) is -4.98. The van der Waals surface area contributed by atoms with Gasteiger partial charge >= 0.3 is 13.0 Å². The average molecular weight is 278 g/mol. The Labute approximate surface area is 104 Å². The number of alkyl halides is 5. The summed E-state index contributed by atoms with van der Waals surface area (Å²) < 4.78 is 69.0. The van der Waals surface area contributed by atoms with Crippen molar-refractivity contribution >= 4 is 10.8 Å². The minimum atomic E-state index is -4.98. The van der Waals surface area contributed by atoms with Crippen LogP contribution in [-0.2, 0) is 0 Å². The lowest BCUT2D eigenvalue weighted by Gasteiger charge is -2.15. The molecular formula is C12H7F5O2. The van der Waals surface area contributed by atoms with E-state index in [1.54, 1.807) is 12.1 Å². The Bertz CT molecular complexity index is 580. The van der Waals surface area contributed by atoms with Gasteiger partial charge in [-0.1, -0.05) is 30.3 Å². The second-order valence-corrected chi connectivity index (χ2v) is 3.54. The Morgan fingerprint density at radius 2 is 1.63 bits per heavy atom. The number of rotatable bonds is 3. The van der Waals surface area contributed by atoms with Crippen molar-refractivity contribution in [1.82, 2.24) is 0 Å². The van der Waals surface area contributed by atoms with E-state index in [0.29, 0.717) is 5.39 Å². The van der Waals surface area contributed by atoms with Gasteiger partial charge in [-0.15, -0.1) is 13.2 Å². The van der Waals surface area contributed by atoms with Gasteiger partial charge in [0, 0.05) is 5.39 Å². The van der Waals surface area contributed by atoms with Gasteiger partial charge in [-0.05, 0) is 11.5 Å². The molecule has 2 aromatic rings. The van der Waals surface area contributed by atoms with Gasteiger partial charge in [0.05, 0.1) is 0 Å². The van der Waals surface area contributed by atoms with Crippen LogP contribution in [0.4, 0.5) is 22.0 Å². The Hall–Kier alpha value is -2.05. The zero-order chi connectivity index (χ0) is 14.0. The van der Waals surface area contributed by atoms with Crippen molar-refractivity contribution in [1.29, 1.82) is 0 Å². The van der Waals surface area contributed by atoms with Crippen molar-refractivity contribution in [3.8, 4) is 11.5 Å². The second-order valence-electron chi connectivity index (χ2n) is 3.54. The maximum Gasteiger partial charge on any atom is 0.573 e. The standard InChI is InChI=1S/C12H7F5O2/c13-11(14)18-10-8-4-2-1-3-7(8)5-6-9(10)19-12(15,16)17/h1-6,11H. The molecule has 2 nitrogen and oxygen atoms in total. The van der Waals surface area contributed by atoms with Crippen LogP contribution in [0, 0.1) is 0 Å². The Balaban J connectivity index is 2.56. The summed E-state index contributed by atoms with van der Waals surface area (Å²) in [5, 5.41) is 0.581. The van der Waals surface area contributed by atoms with Gasteiger partial charge in [0.1, 0.15) is 0 Å². The molecule has 0 saturated heterocycles. The molecule has 0 bridgehead atoms. The zero-order valence-corrected chi connectivity index (χ0v) is 9.25. The molecule has 0 atom stereocenters. The third-order valence-electron chi connectivity index (χ3n) is 2.28. The lowest BCUT2D eigenvalue weighted by atomic mass is 10.1. The lowest BCUT2D eigenvalue weighted by molar-refractivity contribution is -0.275. The molecule has 0 amide bonds. The third kappa shape index (κ3) is 3.24. The SMILES string of the molecule is FC(F)Oc1c(OC(F)(F)F)ccc2ccccc12. The van der Waals surface area contributed by atoms with Gasteiger partial charge in [-0.2, -0.15) is 8.78 Å². The second kappa shape index (κ2) is 4.91. The number of halogens is 5. The summed E-state index contributed by atoms with van der Waals surface area (Å²) in [4.78, 5) is 0. The molecular weight excluding hydrogens is 271 g/mol. The van der Waals surface area contributed by atoms with Crippen LogP contribution in [0.1, 0.15) is 0 Å². The van der Waals surface area contributed by atoms with Gasteiger partial charge in [0.25, 0.3) is 0 Å². The predicted molar refractivity (Wildman–Crippen MR) is 57.3 cm³/mol. The molecule has 0 spiro atoms. The molecule has 0 aliphatic carbocycles. The summed E-state index contributed by atoms with van der Waals surface area (Å²) in [7, 11) is 0. The van der Waals surface area contributed by atoms with Crippen molar-refractivity contribution in [2.75, 3.05) is 0 Å². The van der Waals surface area contributed by atoms with Crippen molar-refractivity contribution in [2.45, 2.75) is 13.0 Å². The van der Waals surface area contributed by atoms with E-state index in [1.807, 2.05) is 0 Å². The van der Waals surface area contributed by atoms with Crippen LogP contribution in [-0.4, -0.2) is 13.0 Å². The highest BCUT2D eigenvalue weighted by Gasteiger charge is 2.33. The molecule has 0 heterocycles. The molecule has 0 N–H and O–H groups in total. The molecule has 19 heavy (non-hydrogen) atoms. The van der Waals surface area contributed by atoms with Crippen LogP contribution in [0.3, 0.4) is 0 Å². The molecule has 102 valence electrons. The number of benzene rings is 2. The minimum Gasteiger partial charge on any atom is -0.430 e. The molecule has 0 fully saturated rings. The molecule has 2 rings (SSSR count). The van der Waals surface area contributed by atoms with E-state index in [2.05, 4.69) is 9.47 Å². The van der Waals surface area contributed by atoms with Crippen LogP contribution in [0.5, 0.6) is 11.5 Å². The highest BCUT2D eigenvalue weighted by molar-refractivity contribution is 5.90. The fourth-order valence-corrected chi connectivity index (χ4v) is 1.64. The normalized spacial score (nSPS) is 11.9. The zero-order valence-electron chi connectivity index (χ0n) is 9.25. The Kier molecular flexibility index (Phi) is 3.46. The van der Waals surface area contributed by atoms with Crippen molar-refractivity contribution in [3.63, 3.8) is 0 Å². The first-order valence-electron chi connectivity index (χ1n) is 5.09. The fourth-order valence-electron chi connectivity index (χ4n) is 1.64. The maximum atomic E-state index is 12.3. The first-order chi connectivity index (χ1) is 8.87. The van der Waals surface area contributed by atoms with E-state index in [4.69, 9.17) is 0 Å². The molecule has 0 aliphatic heterocycles. The van der Waals surface area contributed by atoms with Gasteiger partial charge in [-0.25, -0.2) is 0 Å². The van der Waals surface area contributed by atoms with Gasteiger partial charge in [-0.3, -0.25) is 0 Å². The molecule has 0 unspecified atom stereocenters. The van der Waals surface area contributed by atoms with Crippen molar-refractivity contribution in [3.05, 3.63) is 36.4 Å². The van der Waals surface area contributed by atoms with Crippen molar-refractivity contribution in [2.24, 2.45) is 0 Å². The van der Waals surface area contributed by atoms with E-state index < -0.39 is 24.5 Å². The van der Waals surface area contributed by atoms with Crippen LogP contribution < -0.4 is 9.47 Å². The Morgan fingerprint density at radius 1 is 0.947 bits per heavy atom. The van der Waals surface area contributed by atoms with E-state index >= 15 is 0 Å². The molecule has 2 aromatic carbocycles. The minimum absolute atomic E-state index is 0.115. The largest absolute Gasteiger partial charge is 0.573 e.